The lowest BCUT2D eigenvalue weighted by Gasteiger charge is -2.45. The first-order valence-corrected chi connectivity index (χ1v) is 7.88. The molecule has 0 aromatic carbocycles. The second-order valence-corrected chi connectivity index (χ2v) is 6.73. The quantitative estimate of drug-likeness (QED) is 0.809. The van der Waals surface area contributed by atoms with Crippen molar-refractivity contribution >= 4 is 0 Å². The molecule has 3 N–H and O–H groups in total. The third-order valence-electron chi connectivity index (χ3n) is 5.07. The third-order valence-corrected chi connectivity index (χ3v) is 5.07. The van der Waals surface area contributed by atoms with E-state index in [4.69, 9.17) is 5.73 Å². The average molecular weight is 253 g/mol. The number of piperidine rings is 1. The van der Waals surface area contributed by atoms with Crippen LogP contribution < -0.4 is 11.2 Å². The van der Waals surface area contributed by atoms with Gasteiger partial charge in [-0.3, -0.25) is 0 Å². The first-order valence-electron chi connectivity index (χ1n) is 7.88. The van der Waals surface area contributed by atoms with Crippen LogP contribution in [0.3, 0.4) is 0 Å². The summed E-state index contributed by atoms with van der Waals surface area (Å²) in [6.45, 7) is 7.91. The van der Waals surface area contributed by atoms with E-state index in [0.29, 0.717) is 0 Å². The lowest BCUT2D eigenvalue weighted by molar-refractivity contribution is 0.0466. The highest BCUT2D eigenvalue weighted by Gasteiger charge is 2.36. The summed E-state index contributed by atoms with van der Waals surface area (Å²) < 4.78 is 0. The molecule has 0 bridgehead atoms. The zero-order chi connectivity index (χ0) is 13.0. The van der Waals surface area contributed by atoms with Crippen molar-refractivity contribution in [2.24, 2.45) is 17.6 Å². The molecule has 2 aliphatic rings. The Morgan fingerprint density at radius 3 is 2.28 bits per heavy atom. The molecule has 0 aromatic heterocycles. The highest BCUT2D eigenvalue weighted by atomic mass is 15.5. The Balaban J connectivity index is 1.87. The average Bonchev–Trinajstić information content (AvgIpc) is 2.40. The molecule has 0 radical (unpaired) electrons. The van der Waals surface area contributed by atoms with Crippen molar-refractivity contribution in [3.05, 3.63) is 0 Å². The van der Waals surface area contributed by atoms with Gasteiger partial charge >= 0.3 is 0 Å². The van der Waals surface area contributed by atoms with Crippen LogP contribution in [0.2, 0.25) is 0 Å². The lowest BCUT2D eigenvalue weighted by atomic mass is 9.73. The second-order valence-electron chi connectivity index (χ2n) is 6.73. The molecule has 2 fully saturated rings. The molecule has 2 rings (SSSR count). The highest BCUT2D eigenvalue weighted by molar-refractivity contribution is 4.93. The van der Waals surface area contributed by atoms with E-state index >= 15 is 0 Å². The minimum Gasteiger partial charge on any atom is -0.329 e. The minimum absolute atomic E-state index is 0.197. The largest absolute Gasteiger partial charge is 0.329 e. The van der Waals surface area contributed by atoms with Crippen LogP contribution in [0.1, 0.15) is 58.8 Å². The van der Waals surface area contributed by atoms with Gasteiger partial charge in [-0.2, -0.15) is 0 Å². The summed E-state index contributed by atoms with van der Waals surface area (Å²) in [5.41, 5.74) is 10.1. The van der Waals surface area contributed by atoms with Crippen LogP contribution in [-0.2, 0) is 0 Å². The molecule has 1 aliphatic heterocycles. The van der Waals surface area contributed by atoms with Crippen molar-refractivity contribution in [1.82, 2.24) is 10.4 Å². The van der Waals surface area contributed by atoms with Crippen LogP contribution in [0.5, 0.6) is 0 Å². The van der Waals surface area contributed by atoms with Gasteiger partial charge in [0.05, 0.1) is 0 Å². The van der Waals surface area contributed by atoms with Crippen LogP contribution in [0.4, 0.5) is 0 Å². The van der Waals surface area contributed by atoms with Gasteiger partial charge < -0.3 is 5.73 Å². The molecule has 0 unspecified atom stereocenters. The van der Waals surface area contributed by atoms with Crippen molar-refractivity contribution in [3.63, 3.8) is 0 Å². The Morgan fingerprint density at radius 1 is 1.17 bits per heavy atom. The van der Waals surface area contributed by atoms with E-state index in [0.717, 1.165) is 18.4 Å². The number of hydrazine groups is 1. The van der Waals surface area contributed by atoms with E-state index < -0.39 is 0 Å². The predicted octanol–water partition coefficient (Wildman–Crippen LogP) is 2.52. The Bertz CT molecular complexity index is 238. The molecule has 3 heteroatoms. The van der Waals surface area contributed by atoms with Gasteiger partial charge in [-0.25, -0.2) is 10.4 Å². The number of rotatable bonds is 4. The van der Waals surface area contributed by atoms with Gasteiger partial charge in [0.2, 0.25) is 0 Å². The number of hydrogen-bond acceptors (Lipinski definition) is 3. The molecule has 0 aromatic rings. The van der Waals surface area contributed by atoms with Gasteiger partial charge in [-0.05, 0) is 50.4 Å². The van der Waals surface area contributed by atoms with Gasteiger partial charge in [0.25, 0.3) is 0 Å². The van der Waals surface area contributed by atoms with Crippen LogP contribution >= 0.6 is 0 Å². The molecule has 0 spiro atoms. The summed E-state index contributed by atoms with van der Waals surface area (Å²) >= 11 is 0. The third kappa shape index (κ3) is 3.46. The van der Waals surface area contributed by atoms with E-state index in [1.807, 2.05) is 0 Å². The van der Waals surface area contributed by atoms with E-state index in [1.165, 1.54) is 58.0 Å². The van der Waals surface area contributed by atoms with Gasteiger partial charge in [0.15, 0.2) is 0 Å². The van der Waals surface area contributed by atoms with E-state index in [1.54, 1.807) is 0 Å². The fraction of sp³-hybridized carbons (Fsp3) is 1.00. The summed E-state index contributed by atoms with van der Waals surface area (Å²) in [6, 6.07) is 0. The molecule has 1 saturated heterocycles. The number of nitrogens with two attached hydrogens (primary N) is 1. The lowest BCUT2D eigenvalue weighted by Crippen LogP contribution is -2.60. The Kier molecular flexibility index (Phi) is 5.05. The van der Waals surface area contributed by atoms with E-state index in [9.17, 15) is 0 Å². The molecular formula is C15H31N3. The minimum atomic E-state index is 0.197. The summed E-state index contributed by atoms with van der Waals surface area (Å²) in [6.07, 6.45) is 9.25. The normalized spacial score (nSPS) is 35.0. The molecule has 1 saturated carbocycles. The summed E-state index contributed by atoms with van der Waals surface area (Å²) in [7, 11) is 0. The summed E-state index contributed by atoms with van der Waals surface area (Å²) in [5.74, 6) is 1.74. The molecule has 1 aliphatic carbocycles. The van der Waals surface area contributed by atoms with Crippen LogP contribution in [0, 0.1) is 11.8 Å². The first kappa shape index (κ1) is 14.3. The molecule has 0 atom stereocenters. The monoisotopic (exact) mass is 253 g/mol. The smallest absolute Gasteiger partial charge is 0.0448 e. The van der Waals surface area contributed by atoms with E-state index in [2.05, 4.69) is 24.3 Å². The zero-order valence-electron chi connectivity index (χ0n) is 12.3. The molecule has 0 amide bonds. The summed E-state index contributed by atoms with van der Waals surface area (Å²) in [4.78, 5) is 0. The molecule has 3 nitrogen and oxygen atoms in total. The first-order chi connectivity index (χ1) is 8.65. The van der Waals surface area contributed by atoms with Crippen molar-refractivity contribution < 1.29 is 0 Å². The molecule has 106 valence electrons. The van der Waals surface area contributed by atoms with Crippen molar-refractivity contribution in [2.75, 3.05) is 19.6 Å². The van der Waals surface area contributed by atoms with Crippen LogP contribution in [0.25, 0.3) is 0 Å². The molecule has 18 heavy (non-hydrogen) atoms. The molecular weight excluding hydrogens is 222 g/mol. The Hall–Kier alpha value is -0.120. The van der Waals surface area contributed by atoms with Crippen LogP contribution in [-0.4, -0.2) is 30.2 Å². The SMILES string of the molecule is CC(C)C1CCC(CN)(NN2CCCCC2)CC1. The maximum absolute atomic E-state index is 6.09. The van der Waals surface area contributed by atoms with Gasteiger partial charge in [0.1, 0.15) is 0 Å². The zero-order valence-corrected chi connectivity index (χ0v) is 12.3. The number of nitrogens with one attached hydrogen (secondary N) is 1. The van der Waals surface area contributed by atoms with Crippen molar-refractivity contribution in [1.29, 1.82) is 0 Å². The van der Waals surface area contributed by atoms with Gasteiger partial charge in [-0.1, -0.05) is 20.3 Å². The highest BCUT2D eigenvalue weighted by Crippen LogP contribution is 2.35. The maximum Gasteiger partial charge on any atom is 0.0448 e. The molecule has 1 heterocycles. The van der Waals surface area contributed by atoms with Gasteiger partial charge in [0, 0.05) is 25.2 Å². The maximum atomic E-state index is 6.09. The number of nitrogens with zero attached hydrogens (tertiary/aromatic N) is 1. The van der Waals surface area contributed by atoms with Gasteiger partial charge in [-0.15, -0.1) is 0 Å². The Labute approximate surface area is 112 Å². The van der Waals surface area contributed by atoms with E-state index in [-0.39, 0.29) is 5.54 Å². The fourth-order valence-corrected chi connectivity index (χ4v) is 3.56. The number of hydrogen-bond donors (Lipinski definition) is 2. The van der Waals surface area contributed by atoms with Crippen molar-refractivity contribution in [2.45, 2.75) is 64.3 Å². The second kappa shape index (κ2) is 6.36. The topological polar surface area (TPSA) is 41.3 Å². The predicted molar refractivity (Wildman–Crippen MR) is 77.1 cm³/mol. The standard InChI is InChI=1S/C15H31N3/c1-13(2)14-6-8-15(12-16,9-7-14)17-18-10-4-3-5-11-18/h13-14,17H,3-12,16H2,1-2H3. The van der Waals surface area contributed by atoms with Crippen molar-refractivity contribution in [3.8, 4) is 0 Å². The Morgan fingerprint density at radius 2 is 1.78 bits per heavy atom. The summed E-state index contributed by atoms with van der Waals surface area (Å²) in [5, 5.41) is 2.44. The van der Waals surface area contributed by atoms with Crippen LogP contribution in [0.15, 0.2) is 0 Å². The fourth-order valence-electron chi connectivity index (χ4n) is 3.56.